The van der Waals surface area contributed by atoms with Crippen LogP contribution in [0, 0.1) is 23.6 Å². The topological polar surface area (TPSA) is 64.8 Å². The summed E-state index contributed by atoms with van der Waals surface area (Å²) in [6.07, 6.45) is 0. The summed E-state index contributed by atoms with van der Waals surface area (Å²) in [5, 5.41) is 2.99. The Morgan fingerprint density at radius 2 is 1.68 bits per heavy atom. The van der Waals surface area contributed by atoms with Crippen LogP contribution in [0.15, 0.2) is 42.5 Å². The molecule has 6 nitrogen and oxygen atoms in total. The van der Waals surface area contributed by atoms with Gasteiger partial charge in [-0.1, -0.05) is 18.2 Å². The molecule has 1 aliphatic carbocycles. The van der Waals surface area contributed by atoms with E-state index in [-0.39, 0.29) is 11.8 Å². The average molecular weight is 424 g/mol. The zero-order valence-corrected chi connectivity index (χ0v) is 17.9. The van der Waals surface area contributed by atoms with Crippen molar-refractivity contribution < 1.29 is 9.18 Å². The van der Waals surface area contributed by atoms with Gasteiger partial charge in [0.05, 0.1) is 11.4 Å². The van der Waals surface area contributed by atoms with Gasteiger partial charge in [-0.2, -0.15) is 0 Å². The molecule has 2 aromatic carbocycles. The molecule has 0 radical (unpaired) electrons. The van der Waals surface area contributed by atoms with Gasteiger partial charge in [-0.15, -0.1) is 0 Å². The lowest BCUT2D eigenvalue weighted by molar-refractivity contribution is 0.141. The quantitative estimate of drug-likeness (QED) is 0.742. The number of fused-ring (bicyclic) bond motifs is 1. The molecule has 31 heavy (non-hydrogen) atoms. The molecule has 2 aliphatic heterocycles. The number of piperidine rings is 1. The molecule has 1 unspecified atom stereocenters. The number of halogens is 1. The van der Waals surface area contributed by atoms with Crippen molar-refractivity contribution in [2.24, 2.45) is 17.8 Å². The van der Waals surface area contributed by atoms with Crippen LogP contribution in [0.3, 0.4) is 0 Å². The van der Waals surface area contributed by atoms with Crippen LogP contribution in [0.5, 0.6) is 0 Å². The number of carbonyl (C=O) groups is 1. The first kappa shape index (κ1) is 20.3. The number of rotatable bonds is 4. The normalized spacial score (nSPS) is 26.0. The molecule has 0 bridgehead atoms. The number of hydrogen-bond donors (Lipinski definition) is 2. The Morgan fingerprint density at radius 1 is 1.03 bits per heavy atom. The second-order valence-corrected chi connectivity index (χ2v) is 9.24. The molecule has 3 aliphatic rings. The second-order valence-electron chi connectivity index (χ2n) is 9.24. The van der Waals surface area contributed by atoms with Gasteiger partial charge in [0.15, 0.2) is 0 Å². The number of benzene rings is 2. The highest BCUT2D eigenvalue weighted by atomic mass is 19.1. The number of anilines is 2. The fraction of sp³-hybridized carbons (Fsp3) is 0.458. The minimum absolute atomic E-state index is 0.0893. The maximum Gasteiger partial charge on any atom is 0.321 e. The van der Waals surface area contributed by atoms with Gasteiger partial charge in [-0.3, -0.25) is 0 Å². The van der Waals surface area contributed by atoms with Crippen molar-refractivity contribution >= 4 is 17.4 Å². The van der Waals surface area contributed by atoms with Crippen molar-refractivity contribution in [3.8, 4) is 11.1 Å². The lowest BCUT2D eigenvalue weighted by Crippen LogP contribution is -2.45. The average Bonchev–Trinajstić information content (AvgIpc) is 3.18. The largest absolute Gasteiger partial charge is 0.397 e. The molecule has 0 aromatic heterocycles. The van der Waals surface area contributed by atoms with E-state index in [1.54, 1.807) is 18.2 Å². The highest BCUT2D eigenvalue weighted by Gasteiger charge is 2.56. The number of likely N-dealkylation sites (tertiary alicyclic amines) is 1. The van der Waals surface area contributed by atoms with E-state index in [1.807, 2.05) is 17.0 Å². The van der Waals surface area contributed by atoms with E-state index < -0.39 is 0 Å². The van der Waals surface area contributed by atoms with Gasteiger partial charge < -0.3 is 25.8 Å². The Kier molecular flexibility index (Phi) is 5.32. The molecule has 0 spiro atoms. The van der Waals surface area contributed by atoms with E-state index >= 15 is 0 Å². The molecule has 3 atom stereocenters. The van der Waals surface area contributed by atoms with Gasteiger partial charge in [0.1, 0.15) is 5.82 Å². The summed E-state index contributed by atoms with van der Waals surface area (Å²) in [4.78, 5) is 19.7. The Labute approximate surface area is 182 Å². The number of nitrogens with zero attached hydrogens (tertiary/aromatic N) is 3. The van der Waals surface area contributed by atoms with E-state index in [4.69, 9.17) is 5.73 Å². The summed E-state index contributed by atoms with van der Waals surface area (Å²) >= 11 is 0. The predicted molar refractivity (Wildman–Crippen MR) is 121 cm³/mol. The SMILES string of the molecule is CN1CCN(CC2[C@H]3CN(C(=O)Nc4cc(-c5ccc(F)cc5)ccc4N)C[C@@H]23)CC1. The predicted octanol–water partition coefficient (Wildman–Crippen LogP) is 3.03. The first-order valence-electron chi connectivity index (χ1n) is 11.1. The third kappa shape index (κ3) is 4.25. The van der Waals surface area contributed by atoms with E-state index in [0.29, 0.717) is 23.2 Å². The molecule has 3 fully saturated rings. The Hall–Kier alpha value is -2.64. The highest BCUT2D eigenvalue weighted by Crippen LogP contribution is 2.52. The van der Waals surface area contributed by atoms with Crippen LogP contribution < -0.4 is 11.1 Å². The van der Waals surface area contributed by atoms with Crippen LogP contribution in [0.2, 0.25) is 0 Å². The minimum Gasteiger partial charge on any atom is -0.397 e. The molecule has 2 amide bonds. The van der Waals surface area contributed by atoms with Crippen LogP contribution in [0.1, 0.15) is 0 Å². The smallest absolute Gasteiger partial charge is 0.321 e. The zero-order valence-electron chi connectivity index (χ0n) is 17.9. The van der Waals surface area contributed by atoms with E-state index in [9.17, 15) is 9.18 Å². The summed E-state index contributed by atoms with van der Waals surface area (Å²) in [7, 11) is 2.18. The third-order valence-corrected chi connectivity index (χ3v) is 7.20. The van der Waals surface area contributed by atoms with Crippen molar-refractivity contribution in [3.05, 3.63) is 48.3 Å². The van der Waals surface area contributed by atoms with Gasteiger partial charge in [0.2, 0.25) is 0 Å². The van der Waals surface area contributed by atoms with Crippen molar-refractivity contribution in [3.63, 3.8) is 0 Å². The van der Waals surface area contributed by atoms with Gasteiger partial charge >= 0.3 is 6.03 Å². The molecule has 2 heterocycles. The maximum atomic E-state index is 13.2. The number of piperazine rings is 1. The molecule has 5 rings (SSSR count). The molecule has 164 valence electrons. The number of carbonyl (C=O) groups excluding carboxylic acids is 1. The molecule has 7 heteroatoms. The van der Waals surface area contributed by atoms with Gasteiger partial charge in [0.25, 0.3) is 0 Å². The number of nitrogens with two attached hydrogens (primary N) is 1. The van der Waals surface area contributed by atoms with Gasteiger partial charge in [0, 0.05) is 45.8 Å². The maximum absolute atomic E-state index is 13.2. The number of urea groups is 1. The molecular formula is C24H30FN5O. The van der Waals surface area contributed by atoms with Crippen molar-refractivity contribution in [1.29, 1.82) is 0 Å². The van der Waals surface area contributed by atoms with Crippen LogP contribution in [0.25, 0.3) is 11.1 Å². The summed E-state index contributed by atoms with van der Waals surface area (Å²) in [6.45, 7) is 7.43. The third-order valence-electron chi connectivity index (χ3n) is 7.20. The highest BCUT2D eigenvalue weighted by molar-refractivity contribution is 5.94. The molecule has 3 N–H and O–H groups in total. The molecule has 1 saturated carbocycles. The van der Waals surface area contributed by atoms with E-state index in [1.165, 1.54) is 18.7 Å². The van der Waals surface area contributed by atoms with Gasteiger partial charge in [-0.05, 0) is 60.2 Å². The number of hydrogen-bond acceptors (Lipinski definition) is 4. The zero-order chi connectivity index (χ0) is 21.5. The Balaban J connectivity index is 1.17. The fourth-order valence-electron chi connectivity index (χ4n) is 5.10. The standard InChI is InChI=1S/C24H30FN5O/c1-28-8-10-29(11-9-28)13-19-20-14-30(15-21(19)20)24(31)27-23-12-17(4-7-22(23)26)16-2-5-18(25)6-3-16/h2-7,12,19-21H,8-11,13-15,26H2,1H3,(H,27,31)/t19?,20-,21+. The minimum atomic E-state index is -0.272. The fourth-order valence-corrected chi connectivity index (χ4v) is 5.10. The first-order chi connectivity index (χ1) is 15.0. The summed E-state index contributed by atoms with van der Waals surface area (Å²) in [5.74, 6) is 1.73. The summed E-state index contributed by atoms with van der Waals surface area (Å²) in [5.41, 5.74) is 9.00. The van der Waals surface area contributed by atoms with Crippen LogP contribution in [-0.4, -0.2) is 73.6 Å². The summed E-state index contributed by atoms with van der Waals surface area (Å²) in [6, 6.07) is 11.7. The number of amides is 2. The molecule has 2 saturated heterocycles. The van der Waals surface area contributed by atoms with Crippen LogP contribution >= 0.6 is 0 Å². The number of nitrogens with one attached hydrogen (secondary N) is 1. The molecule has 2 aromatic rings. The van der Waals surface area contributed by atoms with Crippen molar-refractivity contribution in [2.45, 2.75) is 0 Å². The second kappa shape index (κ2) is 8.13. The Morgan fingerprint density at radius 3 is 2.35 bits per heavy atom. The van der Waals surface area contributed by atoms with E-state index in [2.05, 4.69) is 22.2 Å². The number of nitrogen functional groups attached to an aromatic ring is 1. The van der Waals surface area contributed by atoms with Crippen LogP contribution in [-0.2, 0) is 0 Å². The van der Waals surface area contributed by atoms with E-state index in [0.717, 1.165) is 56.3 Å². The van der Waals surface area contributed by atoms with Crippen molar-refractivity contribution in [1.82, 2.24) is 14.7 Å². The Bertz CT molecular complexity index is 945. The molecular weight excluding hydrogens is 393 g/mol. The lowest BCUT2D eigenvalue weighted by Gasteiger charge is -2.33. The van der Waals surface area contributed by atoms with Crippen molar-refractivity contribution in [2.75, 3.05) is 63.9 Å². The van der Waals surface area contributed by atoms with Crippen LogP contribution in [0.4, 0.5) is 20.6 Å². The summed E-state index contributed by atoms with van der Waals surface area (Å²) < 4.78 is 13.2. The van der Waals surface area contributed by atoms with Gasteiger partial charge in [-0.25, -0.2) is 9.18 Å². The monoisotopic (exact) mass is 423 g/mol. The lowest BCUT2D eigenvalue weighted by atomic mass is 10.0. The number of likely N-dealkylation sites (N-methyl/N-ethyl adjacent to an activating group) is 1. The first-order valence-corrected chi connectivity index (χ1v) is 11.1.